The highest BCUT2D eigenvalue weighted by Gasteiger charge is 2.40. The van der Waals surface area contributed by atoms with E-state index in [0.29, 0.717) is 13.2 Å². The number of carbonyl (C=O) groups is 1. The number of likely N-dealkylation sites (tertiary alicyclic amines) is 1. The van der Waals surface area contributed by atoms with Crippen LogP contribution < -0.4 is 0 Å². The average molecular weight is 380 g/mol. The Labute approximate surface area is 167 Å². The van der Waals surface area contributed by atoms with Gasteiger partial charge in [0.15, 0.2) is 0 Å². The number of piperidine rings is 1. The Morgan fingerprint density at radius 3 is 2.32 bits per heavy atom. The van der Waals surface area contributed by atoms with Crippen molar-refractivity contribution in [1.82, 2.24) is 4.90 Å². The highest BCUT2D eigenvalue weighted by Crippen LogP contribution is 2.40. The van der Waals surface area contributed by atoms with Crippen LogP contribution in [0.3, 0.4) is 0 Å². The van der Waals surface area contributed by atoms with Crippen LogP contribution in [0.4, 0.5) is 0 Å². The molecule has 2 aromatic rings. The van der Waals surface area contributed by atoms with Crippen molar-refractivity contribution >= 4 is 5.91 Å². The molecule has 148 valence electrons. The van der Waals surface area contributed by atoms with E-state index in [9.17, 15) is 4.79 Å². The average Bonchev–Trinajstić information content (AvgIpc) is 3.28. The number of benzene rings is 2. The van der Waals surface area contributed by atoms with Gasteiger partial charge in [0.2, 0.25) is 5.91 Å². The number of hydrogen-bond acceptors (Lipinski definition) is 3. The number of amides is 1. The summed E-state index contributed by atoms with van der Waals surface area (Å²) in [7, 11) is 0. The Kier molecular flexibility index (Phi) is 6.08. The van der Waals surface area contributed by atoms with E-state index in [0.717, 1.165) is 38.8 Å². The van der Waals surface area contributed by atoms with Crippen LogP contribution in [0.25, 0.3) is 0 Å². The zero-order valence-corrected chi connectivity index (χ0v) is 16.4. The molecule has 1 atom stereocenters. The van der Waals surface area contributed by atoms with Crippen molar-refractivity contribution < 1.29 is 14.3 Å². The topological polar surface area (TPSA) is 38.8 Å². The minimum absolute atomic E-state index is 0.0777. The Bertz CT molecular complexity index is 716. The van der Waals surface area contributed by atoms with Crippen molar-refractivity contribution in [3.63, 3.8) is 0 Å². The molecule has 2 aromatic carbocycles. The molecule has 0 aliphatic carbocycles. The van der Waals surface area contributed by atoms with E-state index in [1.54, 1.807) is 0 Å². The van der Waals surface area contributed by atoms with Crippen molar-refractivity contribution in [2.24, 2.45) is 0 Å². The van der Waals surface area contributed by atoms with Crippen molar-refractivity contribution in [1.29, 1.82) is 0 Å². The summed E-state index contributed by atoms with van der Waals surface area (Å²) < 4.78 is 11.3. The molecule has 1 amide bonds. The summed E-state index contributed by atoms with van der Waals surface area (Å²) in [5.41, 5.74) is 2.39. The van der Waals surface area contributed by atoms with Crippen LogP contribution >= 0.6 is 0 Å². The molecule has 2 aliphatic heterocycles. The fourth-order valence-electron chi connectivity index (χ4n) is 4.57. The van der Waals surface area contributed by atoms with Gasteiger partial charge in [0.1, 0.15) is 6.61 Å². The lowest BCUT2D eigenvalue weighted by Crippen LogP contribution is -2.50. The highest BCUT2D eigenvalue weighted by molar-refractivity contribution is 5.78. The Morgan fingerprint density at radius 1 is 1.04 bits per heavy atom. The minimum atomic E-state index is -0.162. The van der Waals surface area contributed by atoms with E-state index < -0.39 is 0 Å². The van der Waals surface area contributed by atoms with Crippen molar-refractivity contribution in [2.45, 2.75) is 37.2 Å². The molecule has 2 heterocycles. The molecular formula is C24H29NO3. The highest BCUT2D eigenvalue weighted by atomic mass is 16.5. The second-order valence-corrected chi connectivity index (χ2v) is 7.88. The van der Waals surface area contributed by atoms with Gasteiger partial charge in [-0.2, -0.15) is 0 Å². The maximum absolute atomic E-state index is 12.9. The van der Waals surface area contributed by atoms with E-state index in [1.807, 2.05) is 17.0 Å². The normalized spacial score (nSPS) is 21.6. The predicted octanol–water partition coefficient (Wildman–Crippen LogP) is 3.79. The Balaban J connectivity index is 1.49. The molecule has 0 aromatic heterocycles. The van der Waals surface area contributed by atoms with Gasteiger partial charge in [0.05, 0.1) is 12.7 Å². The van der Waals surface area contributed by atoms with E-state index in [-0.39, 0.29) is 24.0 Å². The number of hydrogen-bond donors (Lipinski definition) is 0. The molecule has 0 spiro atoms. The van der Waals surface area contributed by atoms with E-state index in [1.165, 1.54) is 11.1 Å². The Hall–Kier alpha value is -2.17. The standard InChI is InChI=1S/C24H29NO3/c26-23(18-27-17-22-13-7-16-28-22)25-15-8-14-24(19-25,20-9-3-1-4-10-20)21-11-5-2-6-12-21/h1-6,9-12,22H,7-8,13-19H2. The first-order valence-corrected chi connectivity index (χ1v) is 10.4. The van der Waals surface area contributed by atoms with Gasteiger partial charge in [-0.05, 0) is 36.8 Å². The van der Waals surface area contributed by atoms with Crippen LogP contribution in [0, 0.1) is 0 Å². The molecule has 4 rings (SSSR count). The van der Waals surface area contributed by atoms with Crippen LogP contribution in [0.5, 0.6) is 0 Å². The Morgan fingerprint density at radius 2 is 1.71 bits per heavy atom. The van der Waals surface area contributed by atoms with Gasteiger partial charge >= 0.3 is 0 Å². The molecule has 0 radical (unpaired) electrons. The molecule has 2 saturated heterocycles. The maximum Gasteiger partial charge on any atom is 0.248 e. The van der Waals surface area contributed by atoms with Gasteiger partial charge < -0.3 is 14.4 Å². The molecular weight excluding hydrogens is 350 g/mol. The largest absolute Gasteiger partial charge is 0.376 e. The molecule has 0 saturated carbocycles. The summed E-state index contributed by atoms with van der Waals surface area (Å²) >= 11 is 0. The summed E-state index contributed by atoms with van der Waals surface area (Å²) in [6, 6.07) is 21.2. The third kappa shape index (κ3) is 4.13. The van der Waals surface area contributed by atoms with Crippen LogP contribution in [0.15, 0.2) is 60.7 Å². The van der Waals surface area contributed by atoms with Crippen LogP contribution in [0.2, 0.25) is 0 Å². The second-order valence-electron chi connectivity index (χ2n) is 7.88. The van der Waals surface area contributed by atoms with Crippen molar-refractivity contribution in [3.8, 4) is 0 Å². The molecule has 2 aliphatic rings. The molecule has 1 unspecified atom stereocenters. The third-order valence-corrected chi connectivity index (χ3v) is 6.05. The lowest BCUT2D eigenvalue weighted by atomic mass is 9.69. The number of rotatable bonds is 6. The smallest absolute Gasteiger partial charge is 0.248 e. The zero-order valence-electron chi connectivity index (χ0n) is 16.4. The number of nitrogens with zero attached hydrogens (tertiary/aromatic N) is 1. The van der Waals surface area contributed by atoms with E-state index >= 15 is 0 Å². The van der Waals surface area contributed by atoms with Crippen LogP contribution in [0.1, 0.15) is 36.8 Å². The molecule has 28 heavy (non-hydrogen) atoms. The maximum atomic E-state index is 12.9. The number of carbonyl (C=O) groups excluding carboxylic acids is 1. The second kappa shape index (κ2) is 8.89. The fraction of sp³-hybridized carbons (Fsp3) is 0.458. The molecule has 4 nitrogen and oxygen atoms in total. The first kappa shape index (κ1) is 19.2. The predicted molar refractivity (Wildman–Crippen MR) is 109 cm³/mol. The van der Waals surface area contributed by atoms with E-state index in [4.69, 9.17) is 9.47 Å². The number of ether oxygens (including phenoxy) is 2. The van der Waals surface area contributed by atoms with Crippen molar-refractivity contribution in [3.05, 3.63) is 71.8 Å². The lowest BCUT2D eigenvalue weighted by Gasteiger charge is -2.44. The summed E-state index contributed by atoms with van der Waals surface area (Å²) in [6.07, 6.45) is 4.30. The van der Waals surface area contributed by atoms with Crippen molar-refractivity contribution in [2.75, 3.05) is 32.9 Å². The first-order valence-electron chi connectivity index (χ1n) is 10.4. The van der Waals surface area contributed by atoms with Gasteiger partial charge in [-0.25, -0.2) is 0 Å². The summed E-state index contributed by atoms with van der Waals surface area (Å²) in [6.45, 7) is 2.96. The van der Waals surface area contributed by atoms with E-state index in [2.05, 4.69) is 48.5 Å². The monoisotopic (exact) mass is 379 g/mol. The zero-order chi connectivity index (χ0) is 19.2. The molecule has 0 bridgehead atoms. The molecule has 4 heteroatoms. The fourth-order valence-corrected chi connectivity index (χ4v) is 4.57. The first-order chi connectivity index (χ1) is 13.8. The SMILES string of the molecule is O=C(COCC1CCCO1)N1CCCC(c2ccccc2)(c2ccccc2)C1. The lowest BCUT2D eigenvalue weighted by molar-refractivity contribution is -0.139. The minimum Gasteiger partial charge on any atom is -0.376 e. The summed E-state index contributed by atoms with van der Waals surface area (Å²) in [5, 5.41) is 0. The van der Waals surface area contributed by atoms with Gasteiger partial charge in [-0.3, -0.25) is 4.79 Å². The van der Waals surface area contributed by atoms with Crippen LogP contribution in [-0.4, -0.2) is 49.8 Å². The van der Waals surface area contributed by atoms with Gasteiger partial charge in [-0.1, -0.05) is 60.7 Å². The van der Waals surface area contributed by atoms with Gasteiger partial charge in [0.25, 0.3) is 0 Å². The summed E-state index contributed by atoms with van der Waals surface area (Å²) in [4.78, 5) is 14.9. The van der Waals surface area contributed by atoms with Gasteiger partial charge in [-0.15, -0.1) is 0 Å². The van der Waals surface area contributed by atoms with Crippen LogP contribution in [-0.2, 0) is 19.7 Å². The van der Waals surface area contributed by atoms with Gasteiger partial charge in [0, 0.05) is 25.1 Å². The molecule has 2 fully saturated rings. The quantitative estimate of drug-likeness (QED) is 0.766. The third-order valence-electron chi connectivity index (χ3n) is 6.05. The molecule has 0 N–H and O–H groups in total. The summed E-state index contributed by atoms with van der Waals surface area (Å²) in [5.74, 6) is 0.0777.